The van der Waals surface area contributed by atoms with Gasteiger partial charge in [-0.25, -0.2) is 4.68 Å². The molecule has 0 fully saturated rings. The monoisotopic (exact) mass is 326 g/mol. The van der Waals surface area contributed by atoms with Crippen LogP contribution in [-0.4, -0.2) is 38.0 Å². The van der Waals surface area contributed by atoms with Gasteiger partial charge in [-0.1, -0.05) is 57.2 Å². The Bertz CT molecular complexity index is 818. The van der Waals surface area contributed by atoms with Crippen molar-refractivity contribution in [2.45, 2.75) is 38.8 Å². The van der Waals surface area contributed by atoms with Gasteiger partial charge in [-0.2, -0.15) is 0 Å². The quantitative estimate of drug-likeness (QED) is 0.780. The van der Waals surface area contributed by atoms with E-state index < -0.39 is 6.10 Å². The number of tetrazole rings is 1. The Morgan fingerprint density at radius 1 is 1.12 bits per heavy atom. The van der Waals surface area contributed by atoms with Gasteiger partial charge in [0.2, 0.25) is 0 Å². The molecule has 126 valence electrons. The Hall–Kier alpha value is -2.47. The Kier molecular flexibility index (Phi) is 4.49. The van der Waals surface area contributed by atoms with E-state index in [4.69, 9.17) is 4.74 Å². The number of ether oxygens (including phenoxy) is 1. The summed E-state index contributed by atoms with van der Waals surface area (Å²) in [5, 5.41) is 24.2. The van der Waals surface area contributed by atoms with E-state index in [1.165, 1.54) is 0 Å². The summed E-state index contributed by atoms with van der Waals surface area (Å²) >= 11 is 0. The number of hydrogen-bond acceptors (Lipinski definition) is 5. The first-order chi connectivity index (χ1) is 11.4. The molecule has 24 heavy (non-hydrogen) atoms. The number of benzene rings is 2. The molecule has 0 aliphatic carbocycles. The summed E-state index contributed by atoms with van der Waals surface area (Å²) in [4.78, 5) is 0. The summed E-state index contributed by atoms with van der Waals surface area (Å²) in [6, 6.07) is 13.9. The average molecular weight is 326 g/mol. The third-order valence-electron chi connectivity index (χ3n) is 3.77. The van der Waals surface area contributed by atoms with E-state index in [0.717, 1.165) is 22.3 Å². The molecule has 2 aromatic carbocycles. The minimum Gasteiger partial charge on any atom is -0.490 e. The van der Waals surface area contributed by atoms with Gasteiger partial charge in [0.05, 0.1) is 6.54 Å². The van der Waals surface area contributed by atoms with Gasteiger partial charge in [0.25, 0.3) is 0 Å². The molecular weight excluding hydrogens is 304 g/mol. The Balaban J connectivity index is 1.68. The van der Waals surface area contributed by atoms with Crippen LogP contribution in [-0.2, 0) is 12.0 Å². The summed E-state index contributed by atoms with van der Waals surface area (Å²) in [5.41, 5.74) is -0.181. The van der Waals surface area contributed by atoms with Crippen LogP contribution in [0.5, 0.6) is 5.75 Å². The highest BCUT2D eigenvalue weighted by Gasteiger charge is 2.23. The van der Waals surface area contributed by atoms with Gasteiger partial charge in [0.15, 0.2) is 5.82 Å². The number of fused-ring (bicyclic) bond motifs is 1. The highest BCUT2D eigenvalue weighted by atomic mass is 16.5. The molecule has 0 bridgehead atoms. The van der Waals surface area contributed by atoms with Crippen molar-refractivity contribution in [1.82, 2.24) is 20.2 Å². The number of aliphatic hydroxyl groups excluding tert-OH is 1. The van der Waals surface area contributed by atoms with Crippen LogP contribution in [0.3, 0.4) is 0 Å². The fraction of sp³-hybridized carbons (Fsp3) is 0.389. The van der Waals surface area contributed by atoms with Crippen LogP contribution in [0.1, 0.15) is 26.6 Å². The van der Waals surface area contributed by atoms with E-state index in [-0.39, 0.29) is 12.0 Å². The lowest BCUT2D eigenvalue weighted by Crippen LogP contribution is -2.28. The maximum Gasteiger partial charge on any atom is 0.156 e. The van der Waals surface area contributed by atoms with Crippen LogP contribution in [0, 0.1) is 0 Å². The molecule has 1 atom stereocenters. The van der Waals surface area contributed by atoms with Crippen molar-refractivity contribution in [2.24, 2.45) is 0 Å². The van der Waals surface area contributed by atoms with E-state index in [9.17, 15) is 5.11 Å². The van der Waals surface area contributed by atoms with E-state index in [0.29, 0.717) is 6.54 Å². The van der Waals surface area contributed by atoms with E-state index in [1.54, 1.807) is 4.68 Å². The number of aliphatic hydroxyl groups is 1. The molecule has 0 spiro atoms. The smallest absolute Gasteiger partial charge is 0.156 e. The number of nitrogens with zero attached hydrogens (tertiary/aromatic N) is 4. The highest BCUT2D eigenvalue weighted by molar-refractivity contribution is 5.88. The molecule has 1 unspecified atom stereocenters. The molecule has 3 rings (SSSR count). The second-order valence-corrected chi connectivity index (χ2v) is 6.88. The molecule has 3 aromatic rings. The highest BCUT2D eigenvalue weighted by Crippen LogP contribution is 2.25. The zero-order valence-corrected chi connectivity index (χ0v) is 14.2. The molecule has 0 saturated heterocycles. The molecular formula is C18H22N4O2. The zero-order chi connectivity index (χ0) is 17.2. The lowest BCUT2D eigenvalue weighted by atomic mass is 9.96. The summed E-state index contributed by atoms with van der Waals surface area (Å²) in [6.45, 7) is 6.58. The van der Waals surface area contributed by atoms with Gasteiger partial charge in [0.1, 0.15) is 18.5 Å². The fourth-order valence-corrected chi connectivity index (χ4v) is 2.62. The molecule has 0 saturated carbocycles. The molecule has 0 amide bonds. The number of aromatic nitrogens is 4. The summed E-state index contributed by atoms with van der Waals surface area (Å²) in [7, 11) is 0. The topological polar surface area (TPSA) is 73.1 Å². The lowest BCUT2D eigenvalue weighted by molar-refractivity contribution is 0.0878. The van der Waals surface area contributed by atoms with E-state index >= 15 is 0 Å². The van der Waals surface area contributed by atoms with Gasteiger partial charge in [-0.05, 0) is 21.9 Å². The van der Waals surface area contributed by atoms with Crippen molar-refractivity contribution in [3.8, 4) is 5.75 Å². The predicted octanol–water partition coefficient (Wildman–Crippen LogP) is 2.56. The van der Waals surface area contributed by atoms with Crippen LogP contribution in [0.2, 0.25) is 0 Å². The molecule has 0 aliphatic rings. The Morgan fingerprint density at radius 2 is 1.88 bits per heavy atom. The molecule has 1 heterocycles. The second kappa shape index (κ2) is 6.57. The summed E-state index contributed by atoms with van der Waals surface area (Å²) in [6.07, 6.45) is -0.700. The standard InChI is InChI=1S/C18H22N4O2/c1-18(2,3)17-19-20-21-22(17)11-14(23)12-24-16-10-6-8-13-7-4-5-9-15(13)16/h4-10,14,23H,11-12H2,1-3H3. The number of hydrogen-bond donors (Lipinski definition) is 1. The number of rotatable bonds is 5. The minimum absolute atomic E-state index is 0.178. The lowest BCUT2D eigenvalue weighted by Gasteiger charge is -2.19. The minimum atomic E-state index is -0.700. The van der Waals surface area contributed by atoms with Crippen molar-refractivity contribution in [1.29, 1.82) is 0 Å². The van der Waals surface area contributed by atoms with Crippen LogP contribution in [0.15, 0.2) is 42.5 Å². The van der Waals surface area contributed by atoms with Crippen LogP contribution >= 0.6 is 0 Å². The maximum absolute atomic E-state index is 10.3. The first-order valence-electron chi connectivity index (χ1n) is 8.00. The van der Waals surface area contributed by atoms with Gasteiger partial charge in [-0.3, -0.25) is 0 Å². The molecule has 1 aromatic heterocycles. The van der Waals surface area contributed by atoms with Crippen molar-refractivity contribution >= 4 is 10.8 Å². The Morgan fingerprint density at radius 3 is 2.67 bits per heavy atom. The van der Waals surface area contributed by atoms with Crippen LogP contribution < -0.4 is 4.74 Å². The van der Waals surface area contributed by atoms with Crippen LogP contribution in [0.25, 0.3) is 10.8 Å². The third-order valence-corrected chi connectivity index (χ3v) is 3.77. The van der Waals surface area contributed by atoms with E-state index in [1.807, 2.05) is 63.2 Å². The fourth-order valence-electron chi connectivity index (χ4n) is 2.62. The summed E-state index contributed by atoms with van der Waals surface area (Å²) in [5.74, 6) is 1.51. The largest absolute Gasteiger partial charge is 0.490 e. The Labute approximate surface area is 141 Å². The molecule has 6 nitrogen and oxygen atoms in total. The van der Waals surface area contributed by atoms with Crippen molar-refractivity contribution in [2.75, 3.05) is 6.61 Å². The molecule has 0 aliphatic heterocycles. The maximum atomic E-state index is 10.3. The third kappa shape index (κ3) is 3.54. The predicted molar refractivity (Wildman–Crippen MR) is 92.0 cm³/mol. The second-order valence-electron chi connectivity index (χ2n) is 6.88. The van der Waals surface area contributed by atoms with Gasteiger partial charge in [0, 0.05) is 10.8 Å². The van der Waals surface area contributed by atoms with Crippen molar-refractivity contribution < 1.29 is 9.84 Å². The molecule has 6 heteroatoms. The van der Waals surface area contributed by atoms with E-state index in [2.05, 4.69) is 15.5 Å². The van der Waals surface area contributed by atoms with Crippen molar-refractivity contribution in [3.63, 3.8) is 0 Å². The molecule has 1 N–H and O–H groups in total. The zero-order valence-electron chi connectivity index (χ0n) is 14.2. The van der Waals surface area contributed by atoms with Gasteiger partial charge < -0.3 is 9.84 Å². The normalized spacial score (nSPS) is 13.2. The SMILES string of the molecule is CC(C)(C)c1nnnn1CC(O)COc1cccc2ccccc12. The molecule has 0 radical (unpaired) electrons. The average Bonchev–Trinajstić information content (AvgIpc) is 3.01. The van der Waals surface area contributed by atoms with Gasteiger partial charge >= 0.3 is 0 Å². The summed E-state index contributed by atoms with van der Waals surface area (Å²) < 4.78 is 7.46. The van der Waals surface area contributed by atoms with Crippen LogP contribution in [0.4, 0.5) is 0 Å². The first-order valence-corrected chi connectivity index (χ1v) is 8.00. The van der Waals surface area contributed by atoms with Gasteiger partial charge in [-0.15, -0.1) is 5.10 Å². The van der Waals surface area contributed by atoms with Crippen molar-refractivity contribution in [3.05, 3.63) is 48.3 Å². The first kappa shape index (κ1) is 16.4.